The zero-order valence-corrected chi connectivity index (χ0v) is 8.38. The number of furan rings is 1. The number of aryl methyl sites for hydroxylation is 1. The van der Waals surface area contributed by atoms with Crippen LogP contribution in [0, 0.1) is 6.92 Å². The van der Waals surface area contributed by atoms with Gasteiger partial charge < -0.3 is 9.21 Å². The molecule has 0 aliphatic carbocycles. The minimum absolute atomic E-state index is 0.329. The van der Waals surface area contributed by atoms with Crippen LogP contribution in [0.5, 0.6) is 0 Å². The van der Waals surface area contributed by atoms with Crippen LogP contribution in [0.2, 0.25) is 0 Å². The summed E-state index contributed by atoms with van der Waals surface area (Å²) in [4.78, 5) is 15.2. The summed E-state index contributed by atoms with van der Waals surface area (Å²) in [5.41, 5.74) is 1.63. The molecule has 0 aromatic carbocycles. The maximum absolute atomic E-state index is 11.1. The van der Waals surface area contributed by atoms with Crippen molar-refractivity contribution < 1.29 is 9.21 Å². The van der Waals surface area contributed by atoms with Crippen molar-refractivity contribution in [3.05, 3.63) is 53.7 Å². The molecule has 2 rings (SSSR count). The van der Waals surface area contributed by atoms with Gasteiger partial charge in [0, 0.05) is 11.8 Å². The number of hydrogen-bond donors (Lipinski definition) is 0. The van der Waals surface area contributed by atoms with E-state index in [0.29, 0.717) is 0 Å². The lowest BCUT2D eigenvalue weighted by molar-refractivity contribution is -0.108. The molecule has 0 N–H and O–H groups in total. The standard InChI is InChI=1S/C12H11NO2/c1-9-10(5-7-15-9)11(8-14)12-4-2-3-6-13-12/h2-8,11H,1H3. The van der Waals surface area contributed by atoms with Gasteiger partial charge in [0.1, 0.15) is 12.0 Å². The summed E-state index contributed by atoms with van der Waals surface area (Å²) < 4.78 is 5.18. The molecule has 0 aliphatic rings. The average Bonchev–Trinajstić information content (AvgIpc) is 2.68. The Morgan fingerprint density at radius 2 is 2.27 bits per heavy atom. The van der Waals surface area contributed by atoms with Gasteiger partial charge in [-0.1, -0.05) is 6.07 Å². The Hall–Kier alpha value is -1.90. The van der Waals surface area contributed by atoms with Gasteiger partial charge >= 0.3 is 0 Å². The van der Waals surface area contributed by atoms with Crippen molar-refractivity contribution in [3.8, 4) is 0 Å². The van der Waals surface area contributed by atoms with Crippen LogP contribution in [0.4, 0.5) is 0 Å². The fourth-order valence-corrected chi connectivity index (χ4v) is 1.58. The summed E-state index contributed by atoms with van der Waals surface area (Å²) in [5, 5.41) is 0. The quantitative estimate of drug-likeness (QED) is 0.716. The molecule has 0 fully saturated rings. The van der Waals surface area contributed by atoms with Crippen molar-refractivity contribution in [3.63, 3.8) is 0 Å². The van der Waals surface area contributed by atoms with E-state index in [4.69, 9.17) is 4.42 Å². The summed E-state index contributed by atoms with van der Waals surface area (Å²) >= 11 is 0. The second-order valence-electron chi connectivity index (χ2n) is 3.30. The van der Waals surface area contributed by atoms with E-state index >= 15 is 0 Å². The number of aldehydes is 1. The van der Waals surface area contributed by atoms with E-state index in [0.717, 1.165) is 23.3 Å². The van der Waals surface area contributed by atoms with Crippen molar-refractivity contribution in [2.24, 2.45) is 0 Å². The van der Waals surface area contributed by atoms with Gasteiger partial charge in [-0.3, -0.25) is 4.98 Å². The molecule has 0 saturated heterocycles. The van der Waals surface area contributed by atoms with E-state index in [1.807, 2.05) is 31.2 Å². The molecule has 0 spiro atoms. The number of nitrogens with zero attached hydrogens (tertiary/aromatic N) is 1. The minimum atomic E-state index is -0.329. The highest BCUT2D eigenvalue weighted by Gasteiger charge is 2.17. The Kier molecular flexibility index (Phi) is 2.63. The number of aromatic nitrogens is 1. The predicted octanol–water partition coefficient (Wildman–Crippen LogP) is 2.31. The lowest BCUT2D eigenvalue weighted by atomic mass is 9.97. The molecule has 3 heteroatoms. The van der Waals surface area contributed by atoms with Crippen LogP contribution >= 0.6 is 0 Å². The van der Waals surface area contributed by atoms with E-state index in [9.17, 15) is 4.79 Å². The van der Waals surface area contributed by atoms with Gasteiger partial charge in [0.25, 0.3) is 0 Å². The maximum Gasteiger partial charge on any atom is 0.133 e. The van der Waals surface area contributed by atoms with E-state index in [1.54, 1.807) is 12.5 Å². The van der Waals surface area contributed by atoms with Crippen LogP contribution in [-0.2, 0) is 4.79 Å². The average molecular weight is 201 g/mol. The number of pyridine rings is 1. The van der Waals surface area contributed by atoms with Gasteiger partial charge in [0.15, 0.2) is 0 Å². The molecule has 0 saturated carbocycles. The highest BCUT2D eigenvalue weighted by molar-refractivity contribution is 5.67. The van der Waals surface area contributed by atoms with Crippen LogP contribution in [0.25, 0.3) is 0 Å². The lowest BCUT2D eigenvalue weighted by Crippen LogP contribution is -2.04. The van der Waals surface area contributed by atoms with E-state index in [2.05, 4.69) is 4.98 Å². The first-order valence-corrected chi connectivity index (χ1v) is 4.73. The summed E-state index contributed by atoms with van der Waals surface area (Å²) in [6, 6.07) is 7.34. The fourth-order valence-electron chi connectivity index (χ4n) is 1.58. The van der Waals surface area contributed by atoms with Gasteiger partial charge in [0.2, 0.25) is 0 Å². The summed E-state index contributed by atoms with van der Waals surface area (Å²) in [5.74, 6) is 0.433. The molecule has 2 aromatic rings. The monoisotopic (exact) mass is 201 g/mol. The van der Waals surface area contributed by atoms with Gasteiger partial charge in [-0.25, -0.2) is 0 Å². The van der Waals surface area contributed by atoms with Crippen molar-refractivity contribution >= 4 is 6.29 Å². The van der Waals surface area contributed by atoms with Crippen molar-refractivity contribution in [1.29, 1.82) is 0 Å². The third-order valence-electron chi connectivity index (χ3n) is 2.38. The van der Waals surface area contributed by atoms with Gasteiger partial charge in [-0.05, 0) is 25.1 Å². The third kappa shape index (κ3) is 1.81. The molecule has 2 aromatic heterocycles. The number of carbonyl (C=O) groups excluding carboxylic acids is 1. The SMILES string of the molecule is Cc1occc1C(C=O)c1ccccn1. The highest BCUT2D eigenvalue weighted by atomic mass is 16.3. The molecule has 0 radical (unpaired) electrons. The number of carbonyl (C=O) groups is 1. The summed E-state index contributed by atoms with van der Waals surface area (Å²) in [7, 11) is 0. The Balaban J connectivity index is 2.42. The van der Waals surface area contributed by atoms with Crippen LogP contribution in [0.1, 0.15) is 22.9 Å². The first kappa shape index (κ1) is 9.65. The molecule has 76 valence electrons. The Bertz CT molecular complexity index is 448. The minimum Gasteiger partial charge on any atom is -0.469 e. The van der Waals surface area contributed by atoms with E-state index < -0.39 is 0 Å². The maximum atomic E-state index is 11.1. The van der Waals surface area contributed by atoms with Crippen molar-refractivity contribution in [2.75, 3.05) is 0 Å². The van der Waals surface area contributed by atoms with Gasteiger partial charge in [0.05, 0.1) is 17.9 Å². The Morgan fingerprint density at radius 3 is 2.80 bits per heavy atom. The van der Waals surface area contributed by atoms with Crippen molar-refractivity contribution in [2.45, 2.75) is 12.8 Å². The predicted molar refractivity (Wildman–Crippen MR) is 55.6 cm³/mol. The molecule has 0 aliphatic heterocycles. The largest absolute Gasteiger partial charge is 0.469 e. The fraction of sp³-hybridized carbons (Fsp3) is 0.167. The smallest absolute Gasteiger partial charge is 0.133 e. The lowest BCUT2D eigenvalue weighted by Gasteiger charge is -2.07. The summed E-state index contributed by atoms with van der Waals surface area (Å²) in [6.07, 6.45) is 4.16. The molecular formula is C12H11NO2. The first-order valence-electron chi connectivity index (χ1n) is 4.73. The van der Waals surface area contributed by atoms with Crippen LogP contribution in [-0.4, -0.2) is 11.3 Å². The van der Waals surface area contributed by atoms with Crippen molar-refractivity contribution in [1.82, 2.24) is 4.98 Å². The van der Waals surface area contributed by atoms with Gasteiger partial charge in [-0.15, -0.1) is 0 Å². The van der Waals surface area contributed by atoms with Gasteiger partial charge in [-0.2, -0.15) is 0 Å². The molecule has 0 amide bonds. The summed E-state index contributed by atoms with van der Waals surface area (Å²) in [6.45, 7) is 1.84. The Morgan fingerprint density at radius 1 is 1.40 bits per heavy atom. The normalized spacial score (nSPS) is 12.3. The zero-order chi connectivity index (χ0) is 10.7. The molecule has 1 unspecified atom stereocenters. The van der Waals surface area contributed by atoms with E-state index in [1.165, 1.54) is 0 Å². The van der Waals surface area contributed by atoms with Crippen LogP contribution in [0.3, 0.4) is 0 Å². The molecule has 2 heterocycles. The molecule has 0 bridgehead atoms. The van der Waals surface area contributed by atoms with E-state index in [-0.39, 0.29) is 5.92 Å². The first-order chi connectivity index (χ1) is 7.33. The second-order valence-corrected chi connectivity index (χ2v) is 3.30. The Labute approximate surface area is 87.8 Å². The highest BCUT2D eigenvalue weighted by Crippen LogP contribution is 2.24. The molecule has 3 nitrogen and oxygen atoms in total. The molecular weight excluding hydrogens is 190 g/mol. The number of hydrogen-bond acceptors (Lipinski definition) is 3. The second kappa shape index (κ2) is 4.09. The third-order valence-corrected chi connectivity index (χ3v) is 2.38. The van der Waals surface area contributed by atoms with Crippen LogP contribution < -0.4 is 0 Å². The van der Waals surface area contributed by atoms with Crippen LogP contribution in [0.15, 0.2) is 41.1 Å². The number of rotatable bonds is 3. The molecule has 1 atom stereocenters. The zero-order valence-electron chi connectivity index (χ0n) is 8.38. The molecule has 15 heavy (non-hydrogen) atoms. The topological polar surface area (TPSA) is 43.1 Å².